The third-order valence-corrected chi connectivity index (χ3v) is 3.93. The molecule has 1 aliphatic carbocycles. The molecule has 0 aliphatic heterocycles. The van der Waals surface area contributed by atoms with Crippen molar-refractivity contribution in [2.45, 2.75) is 58.3 Å². The predicted octanol–water partition coefficient (Wildman–Crippen LogP) is 4.29. The first-order chi connectivity index (χ1) is 8.45. The highest BCUT2D eigenvalue weighted by Crippen LogP contribution is 2.27. The SMILES string of the molecule is CC(C)(C)c1ccc(CC2CCCC(=O)C2)cc1. The van der Waals surface area contributed by atoms with Gasteiger partial charge in [-0.2, -0.15) is 0 Å². The Hall–Kier alpha value is -1.11. The van der Waals surface area contributed by atoms with Gasteiger partial charge in [0, 0.05) is 12.8 Å². The average molecular weight is 244 g/mol. The van der Waals surface area contributed by atoms with E-state index in [4.69, 9.17) is 0 Å². The van der Waals surface area contributed by atoms with Crippen LogP contribution in [0, 0.1) is 5.92 Å². The van der Waals surface area contributed by atoms with Crippen LogP contribution in [-0.2, 0) is 16.6 Å². The van der Waals surface area contributed by atoms with E-state index in [1.165, 1.54) is 17.5 Å². The Morgan fingerprint density at radius 2 is 1.83 bits per heavy atom. The zero-order chi connectivity index (χ0) is 13.2. The molecule has 1 aromatic carbocycles. The fourth-order valence-electron chi connectivity index (χ4n) is 2.76. The van der Waals surface area contributed by atoms with Crippen molar-refractivity contribution in [3.05, 3.63) is 35.4 Å². The zero-order valence-electron chi connectivity index (χ0n) is 11.8. The Morgan fingerprint density at radius 3 is 2.39 bits per heavy atom. The van der Waals surface area contributed by atoms with Crippen molar-refractivity contribution in [1.82, 2.24) is 0 Å². The monoisotopic (exact) mass is 244 g/mol. The molecule has 0 bridgehead atoms. The van der Waals surface area contributed by atoms with E-state index in [-0.39, 0.29) is 5.41 Å². The molecule has 1 aliphatic rings. The van der Waals surface area contributed by atoms with Gasteiger partial charge in [0.1, 0.15) is 5.78 Å². The van der Waals surface area contributed by atoms with E-state index < -0.39 is 0 Å². The van der Waals surface area contributed by atoms with Gasteiger partial charge < -0.3 is 0 Å². The van der Waals surface area contributed by atoms with Crippen LogP contribution in [0.5, 0.6) is 0 Å². The second kappa shape index (κ2) is 5.26. The van der Waals surface area contributed by atoms with E-state index in [9.17, 15) is 4.79 Å². The first-order valence-corrected chi connectivity index (χ1v) is 7.06. The summed E-state index contributed by atoms with van der Waals surface area (Å²) in [6, 6.07) is 8.94. The van der Waals surface area contributed by atoms with Gasteiger partial charge in [0.05, 0.1) is 0 Å². The van der Waals surface area contributed by atoms with E-state index in [0.717, 1.165) is 25.7 Å². The quantitative estimate of drug-likeness (QED) is 0.758. The van der Waals surface area contributed by atoms with Crippen molar-refractivity contribution < 1.29 is 4.79 Å². The summed E-state index contributed by atoms with van der Waals surface area (Å²) >= 11 is 0. The lowest BCUT2D eigenvalue weighted by molar-refractivity contribution is -0.121. The Labute approximate surface area is 111 Å². The maximum atomic E-state index is 11.4. The molecule has 1 atom stereocenters. The summed E-state index contributed by atoms with van der Waals surface area (Å²) in [6.45, 7) is 6.71. The Bertz CT molecular complexity index is 408. The van der Waals surface area contributed by atoms with Gasteiger partial charge in [-0.1, -0.05) is 45.0 Å². The Morgan fingerprint density at radius 1 is 1.17 bits per heavy atom. The van der Waals surface area contributed by atoms with Crippen LogP contribution >= 0.6 is 0 Å². The fourth-order valence-corrected chi connectivity index (χ4v) is 2.76. The predicted molar refractivity (Wildman–Crippen MR) is 75.8 cm³/mol. The van der Waals surface area contributed by atoms with Gasteiger partial charge in [-0.05, 0) is 41.7 Å². The number of hydrogen-bond acceptors (Lipinski definition) is 1. The molecule has 0 N–H and O–H groups in total. The second-order valence-electron chi connectivity index (χ2n) is 6.65. The maximum absolute atomic E-state index is 11.4. The molecule has 0 saturated heterocycles. The summed E-state index contributed by atoms with van der Waals surface area (Å²) in [4.78, 5) is 11.4. The lowest BCUT2D eigenvalue weighted by Gasteiger charge is -2.22. The van der Waals surface area contributed by atoms with Gasteiger partial charge in [0.15, 0.2) is 0 Å². The van der Waals surface area contributed by atoms with Gasteiger partial charge in [-0.15, -0.1) is 0 Å². The van der Waals surface area contributed by atoms with E-state index >= 15 is 0 Å². The molecule has 18 heavy (non-hydrogen) atoms. The van der Waals surface area contributed by atoms with Crippen molar-refractivity contribution >= 4 is 5.78 Å². The lowest BCUT2D eigenvalue weighted by atomic mass is 9.82. The average Bonchev–Trinajstić information content (AvgIpc) is 2.28. The zero-order valence-corrected chi connectivity index (χ0v) is 11.8. The van der Waals surface area contributed by atoms with E-state index in [2.05, 4.69) is 45.0 Å². The van der Waals surface area contributed by atoms with Crippen molar-refractivity contribution in [2.75, 3.05) is 0 Å². The van der Waals surface area contributed by atoms with Gasteiger partial charge in [-0.3, -0.25) is 4.79 Å². The molecule has 0 spiro atoms. The van der Waals surface area contributed by atoms with Crippen molar-refractivity contribution in [2.24, 2.45) is 5.92 Å². The largest absolute Gasteiger partial charge is 0.300 e. The molecule has 1 saturated carbocycles. The fraction of sp³-hybridized carbons (Fsp3) is 0.588. The Balaban J connectivity index is 2.00. The summed E-state index contributed by atoms with van der Waals surface area (Å²) in [6.07, 6.45) is 4.97. The van der Waals surface area contributed by atoms with Gasteiger partial charge in [-0.25, -0.2) is 0 Å². The molecule has 1 unspecified atom stereocenters. The highest BCUT2D eigenvalue weighted by atomic mass is 16.1. The summed E-state index contributed by atoms with van der Waals surface area (Å²) < 4.78 is 0. The molecule has 98 valence electrons. The number of carbonyl (C=O) groups excluding carboxylic acids is 1. The molecule has 1 aromatic rings. The van der Waals surface area contributed by atoms with Crippen molar-refractivity contribution in [3.63, 3.8) is 0 Å². The summed E-state index contributed by atoms with van der Waals surface area (Å²) in [5, 5.41) is 0. The molecule has 1 fully saturated rings. The minimum absolute atomic E-state index is 0.222. The third kappa shape index (κ3) is 3.44. The van der Waals surface area contributed by atoms with Crippen LogP contribution in [0.25, 0.3) is 0 Å². The van der Waals surface area contributed by atoms with Crippen LogP contribution in [-0.4, -0.2) is 5.78 Å². The van der Waals surface area contributed by atoms with Crippen LogP contribution in [0.3, 0.4) is 0 Å². The first-order valence-electron chi connectivity index (χ1n) is 7.06. The molecular weight excluding hydrogens is 220 g/mol. The number of benzene rings is 1. The highest BCUT2D eigenvalue weighted by Gasteiger charge is 2.20. The van der Waals surface area contributed by atoms with Gasteiger partial charge in [0.25, 0.3) is 0 Å². The number of rotatable bonds is 2. The third-order valence-electron chi connectivity index (χ3n) is 3.93. The Kier molecular flexibility index (Phi) is 3.89. The standard InChI is InChI=1S/C17H24O/c1-17(2,3)15-9-7-13(8-10-15)11-14-5-4-6-16(18)12-14/h7-10,14H,4-6,11-12H2,1-3H3. The molecule has 2 rings (SSSR count). The topological polar surface area (TPSA) is 17.1 Å². The lowest BCUT2D eigenvalue weighted by Crippen LogP contribution is -2.17. The summed E-state index contributed by atoms with van der Waals surface area (Å²) in [5.74, 6) is 1.03. The minimum Gasteiger partial charge on any atom is -0.300 e. The molecule has 0 heterocycles. The van der Waals surface area contributed by atoms with E-state index in [0.29, 0.717) is 11.7 Å². The van der Waals surface area contributed by atoms with Crippen molar-refractivity contribution in [1.29, 1.82) is 0 Å². The second-order valence-corrected chi connectivity index (χ2v) is 6.65. The number of ketones is 1. The molecule has 1 heteroatoms. The molecule has 1 nitrogen and oxygen atoms in total. The molecular formula is C17H24O. The number of hydrogen-bond donors (Lipinski definition) is 0. The molecule has 0 aromatic heterocycles. The van der Waals surface area contributed by atoms with Crippen LogP contribution in [0.15, 0.2) is 24.3 Å². The van der Waals surface area contributed by atoms with Crippen LogP contribution < -0.4 is 0 Å². The first kappa shape index (κ1) is 13.3. The highest BCUT2D eigenvalue weighted by molar-refractivity contribution is 5.79. The van der Waals surface area contributed by atoms with Crippen LogP contribution in [0.1, 0.15) is 57.6 Å². The minimum atomic E-state index is 0.222. The van der Waals surface area contributed by atoms with E-state index in [1.54, 1.807) is 0 Å². The smallest absolute Gasteiger partial charge is 0.133 e. The number of Topliss-reactive ketones (excluding diaryl/α,β-unsaturated/α-hetero) is 1. The normalized spacial score (nSPS) is 21.1. The van der Waals surface area contributed by atoms with Crippen LogP contribution in [0.4, 0.5) is 0 Å². The number of carbonyl (C=O) groups is 1. The van der Waals surface area contributed by atoms with Gasteiger partial charge >= 0.3 is 0 Å². The van der Waals surface area contributed by atoms with Gasteiger partial charge in [0.2, 0.25) is 0 Å². The summed E-state index contributed by atoms with van der Waals surface area (Å²) in [7, 11) is 0. The summed E-state index contributed by atoms with van der Waals surface area (Å²) in [5.41, 5.74) is 2.98. The molecule has 0 amide bonds. The van der Waals surface area contributed by atoms with E-state index in [1.807, 2.05) is 0 Å². The molecule has 0 radical (unpaired) electrons. The maximum Gasteiger partial charge on any atom is 0.133 e. The van der Waals surface area contributed by atoms with Crippen LogP contribution in [0.2, 0.25) is 0 Å². The van der Waals surface area contributed by atoms with Crippen molar-refractivity contribution in [3.8, 4) is 0 Å².